The van der Waals surface area contributed by atoms with Gasteiger partial charge in [0.15, 0.2) is 0 Å². The average Bonchev–Trinajstić information content (AvgIpc) is 2.62. The molecule has 2 aromatic rings. The second-order valence-electron chi connectivity index (χ2n) is 7.03. The van der Waals surface area contributed by atoms with Crippen molar-refractivity contribution in [2.45, 2.75) is 38.8 Å². The van der Waals surface area contributed by atoms with E-state index in [1.54, 1.807) is 12.1 Å². The number of ether oxygens (including phenoxy) is 1. The molecule has 2 atom stereocenters. The zero-order valence-corrected chi connectivity index (χ0v) is 14.4. The van der Waals surface area contributed by atoms with Gasteiger partial charge in [-0.1, -0.05) is 0 Å². The van der Waals surface area contributed by atoms with Crippen molar-refractivity contribution in [2.24, 2.45) is 5.92 Å². The minimum Gasteiger partial charge on any atom is -0.471 e. The molecular formula is C19H21F2N3O. The minimum absolute atomic E-state index is 0.108. The van der Waals surface area contributed by atoms with Crippen LogP contribution >= 0.6 is 0 Å². The van der Waals surface area contributed by atoms with Crippen molar-refractivity contribution >= 4 is 0 Å². The monoisotopic (exact) mass is 345 g/mol. The van der Waals surface area contributed by atoms with E-state index in [-0.39, 0.29) is 17.2 Å². The Hall–Kier alpha value is -2.08. The number of rotatable bonds is 3. The first-order valence-corrected chi connectivity index (χ1v) is 8.73. The van der Waals surface area contributed by atoms with E-state index in [1.165, 1.54) is 13.0 Å². The predicted octanol–water partition coefficient (Wildman–Crippen LogP) is 3.59. The number of aryl methyl sites for hydroxylation is 1. The summed E-state index contributed by atoms with van der Waals surface area (Å²) in [7, 11) is 0. The summed E-state index contributed by atoms with van der Waals surface area (Å²) in [6, 6.07) is 6.00. The van der Waals surface area contributed by atoms with E-state index in [2.05, 4.69) is 22.0 Å². The number of fused-ring (bicyclic) bond motifs is 3. The van der Waals surface area contributed by atoms with Crippen LogP contribution in [0, 0.1) is 24.5 Å². The van der Waals surface area contributed by atoms with Crippen LogP contribution in [0.5, 0.6) is 5.88 Å². The SMILES string of the molecule is Cc1cc(F)c(-c2ccc(O[C@@H]3C4CCN(CC4)[C@H]3C)nn2)cc1F. The van der Waals surface area contributed by atoms with Crippen LogP contribution in [0.4, 0.5) is 8.78 Å². The molecule has 2 bridgehead atoms. The maximum atomic E-state index is 14.1. The molecule has 0 saturated carbocycles. The summed E-state index contributed by atoms with van der Waals surface area (Å²) in [6.07, 6.45) is 2.40. The Kier molecular flexibility index (Phi) is 4.15. The third kappa shape index (κ3) is 2.99. The fraction of sp³-hybridized carbons (Fsp3) is 0.474. The molecule has 6 heteroatoms. The minimum atomic E-state index is -0.507. The molecule has 3 aliphatic rings. The number of piperidine rings is 3. The standard InChI is InChI=1S/C19H21F2N3O/c1-11-9-16(21)14(10-15(11)20)17-3-4-18(23-22-17)25-19-12(2)24-7-5-13(19)6-8-24/h3-4,9-10,12-13,19H,5-8H2,1-2H3/t12-,19-/m0/s1. The second kappa shape index (κ2) is 6.33. The molecule has 0 radical (unpaired) electrons. The molecule has 132 valence electrons. The van der Waals surface area contributed by atoms with Gasteiger partial charge in [0.25, 0.3) is 0 Å². The number of halogens is 2. The molecule has 0 unspecified atom stereocenters. The molecule has 1 aromatic carbocycles. The Balaban J connectivity index is 1.54. The first kappa shape index (κ1) is 16.4. The summed E-state index contributed by atoms with van der Waals surface area (Å²) in [4.78, 5) is 2.44. The third-order valence-electron chi connectivity index (χ3n) is 5.51. The van der Waals surface area contributed by atoms with E-state index in [0.29, 0.717) is 23.5 Å². The van der Waals surface area contributed by atoms with Gasteiger partial charge in [0.1, 0.15) is 17.7 Å². The summed E-state index contributed by atoms with van der Waals surface area (Å²) < 4.78 is 33.9. The van der Waals surface area contributed by atoms with Crippen LogP contribution in [0.3, 0.4) is 0 Å². The lowest BCUT2D eigenvalue weighted by molar-refractivity contribution is -0.0528. The maximum Gasteiger partial charge on any atom is 0.233 e. The van der Waals surface area contributed by atoms with Crippen LogP contribution in [0.2, 0.25) is 0 Å². The Morgan fingerprint density at radius 1 is 1.08 bits per heavy atom. The lowest BCUT2D eigenvalue weighted by Gasteiger charge is -2.48. The fourth-order valence-corrected chi connectivity index (χ4v) is 3.96. The van der Waals surface area contributed by atoms with Crippen LogP contribution < -0.4 is 4.74 Å². The predicted molar refractivity (Wildman–Crippen MR) is 90.3 cm³/mol. The van der Waals surface area contributed by atoms with Crippen molar-refractivity contribution in [3.8, 4) is 17.1 Å². The lowest BCUT2D eigenvalue weighted by Crippen LogP contribution is -2.58. The molecule has 4 heterocycles. The Morgan fingerprint density at radius 2 is 1.84 bits per heavy atom. The molecule has 1 aromatic heterocycles. The van der Waals surface area contributed by atoms with Crippen molar-refractivity contribution in [3.63, 3.8) is 0 Å². The van der Waals surface area contributed by atoms with Gasteiger partial charge in [-0.3, -0.25) is 4.90 Å². The Labute approximate surface area is 145 Å². The molecule has 3 fully saturated rings. The zero-order valence-electron chi connectivity index (χ0n) is 14.4. The van der Waals surface area contributed by atoms with Gasteiger partial charge in [-0.25, -0.2) is 8.78 Å². The number of hydrogen-bond acceptors (Lipinski definition) is 4. The van der Waals surface area contributed by atoms with E-state index in [9.17, 15) is 8.78 Å². The van der Waals surface area contributed by atoms with Gasteiger partial charge in [-0.15, -0.1) is 10.2 Å². The van der Waals surface area contributed by atoms with E-state index in [0.717, 1.165) is 32.0 Å². The van der Waals surface area contributed by atoms with Crippen molar-refractivity contribution in [1.82, 2.24) is 15.1 Å². The molecule has 25 heavy (non-hydrogen) atoms. The van der Waals surface area contributed by atoms with Crippen molar-refractivity contribution < 1.29 is 13.5 Å². The molecule has 4 nitrogen and oxygen atoms in total. The van der Waals surface area contributed by atoms with Crippen LogP contribution in [-0.4, -0.2) is 40.3 Å². The quantitative estimate of drug-likeness (QED) is 0.852. The van der Waals surface area contributed by atoms with E-state index in [1.807, 2.05) is 0 Å². The van der Waals surface area contributed by atoms with Gasteiger partial charge >= 0.3 is 0 Å². The van der Waals surface area contributed by atoms with Gasteiger partial charge in [0.2, 0.25) is 5.88 Å². The van der Waals surface area contributed by atoms with E-state index < -0.39 is 11.6 Å². The second-order valence-corrected chi connectivity index (χ2v) is 7.03. The molecule has 3 saturated heterocycles. The Bertz CT molecular complexity index is 771. The number of aromatic nitrogens is 2. The van der Waals surface area contributed by atoms with Gasteiger partial charge in [-0.05, 0) is 69.5 Å². The van der Waals surface area contributed by atoms with E-state index in [4.69, 9.17) is 4.74 Å². The largest absolute Gasteiger partial charge is 0.471 e. The molecule has 0 spiro atoms. The highest BCUT2D eigenvalue weighted by Crippen LogP contribution is 2.34. The van der Waals surface area contributed by atoms with Crippen molar-refractivity contribution in [1.29, 1.82) is 0 Å². The number of nitrogens with zero attached hydrogens (tertiary/aromatic N) is 3. The van der Waals surface area contributed by atoms with Crippen LogP contribution in [-0.2, 0) is 0 Å². The molecular weight excluding hydrogens is 324 g/mol. The number of hydrogen-bond donors (Lipinski definition) is 0. The zero-order chi connectivity index (χ0) is 17.6. The topological polar surface area (TPSA) is 38.2 Å². The molecule has 0 aliphatic carbocycles. The van der Waals surface area contributed by atoms with Crippen LogP contribution in [0.25, 0.3) is 11.3 Å². The molecule has 5 rings (SSSR count). The van der Waals surface area contributed by atoms with Crippen LogP contribution in [0.1, 0.15) is 25.3 Å². The molecule has 0 N–H and O–H groups in total. The highest BCUT2D eigenvalue weighted by Gasteiger charge is 2.41. The third-order valence-corrected chi connectivity index (χ3v) is 5.51. The highest BCUT2D eigenvalue weighted by atomic mass is 19.1. The first-order valence-electron chi connectivity index (χ1n) is 8.73. The normalized spacial score (nSPS) is 28.2. The van der Waals surface area contributed by atoms with Crippen molar-refractivity contribution in [2.75, 3.05) is 13.1 Å². The van der Waals surface area contributed by atoms with Crippen LogP contribution in [0.15, 0.2) is 24.3 Å². The average molecular weight is 345 g/mol. The summed E-state index contributed by atoms with van der Waals surface area (Å²) >= 11 is 0. The van der Waals surface area contributed by atoms with E-state index >= 15 is 0 Å². The number of benzene rings is 1. The highest BCUT2D eigenvalue weighted by molar-refractivity contribution is 5.60. The van der Waals surface area contributed by atoms with Crippen molar-refractivity contribution in [3.05, 3.63) is 41.5 Å². The summed E-state index contributed by atoms with van der Waals surface area (Å²) in [5, 5.41) is 8.12. The smallest absolute Gasteiger partial charge is 0.233 e. The Morgan fingerprint density at radius 3 is 2.48 bits per heavy atom. The van der Waals surface area contributed by atoms with Gasteiger partial charge in [0.05, 0.1) is 5.69 Å². The summed E-state index contributed by atoms with van der Waals surface area (Å²) in [5.41, 5.74) is 0.676. The lowest BCUT2D eigenvalue weighted by atomic mass is 9.81. The summed E-state index contributed by atoms with van der Waals surface area (Å²) in [5.74, 6) is 0.0139. The maximum absolute atomic E-state index is 14.1. The fourth-order valence-electron chi connectivity index (χ4n) is 3.96. The summed E-state index contributed by atoms with van der Waals surface area (Å²) in [6.45, 7) is 5.98. The van der Waals surface area contributed by atoms with Gasteiger partial charge in [0, 0.05) is 17.7 Å². The van der Waals surface area contributed by atoms with Gasteiger partial charge < -0.3 is 4.74 Å². The first-order chi connectivity index (χ1) is 12.0. The van der Waals surface area contributed by atoms with Gasteiger partial charge in [-0.2, -0.15) is 0 Å². The molecule has 0 amide bonds. The molecule has 3 aliphatic heterocycles.